The third-order valence-corrected chi connectivity index (χ3v) is 3.66. The van der Waals surface area contributed by atoms with Crippen molar-refractivity contribution in [2.24, 2.45) is 0 Å². The molecule has 0 spiro atoms. The van der Waals surface area contributed by atoms with Crippen LogP contribution in [0.25, 0.3) is 0 Å². The number of hydrogen-bond acceptors (Lipinski definition) is 3. The summed E-state index contributed by atoms with van der Waals surface area (Å²) in [5, 5.41) is 12.4. The Hall–Kier alpha value is -2.26. The van der Waals surface area contributed by atoms with Gasteiger partial charge in [-0.3, -0.25) is 0 Å². The minimum atomic E-state index is 0.137. The number of aliphatic hydroxyl groups excluding tert-OH is 1. The summed E-state index contributed by atoms with van der Waals surface area (Å²) >= 11 is 0. The average molecular weight is 311 g/mol. The lowest BCUT2D eigenvalue weighted by Crippen LogP contribution is -2.03. The molecule has 0 aromatic heterocycles. The highest BCUT2D eigenvalue weighted by Gasteiger charge is 2.07. The van der Waals surface area contributed by atoms with Crippen molar-refractivity contribution >= 4 is 5.69 Å². The Morgan fingerprint density at radius 2 is 2.00 bits per heavy atom. The Kier molecular flexibility index (Phi) is 6.24. The average Bonchev–Trinajstić information content (AvgIpc) is 2.54. The summed E-state index contributed by atoms with van der Waals surface area (Å²) in [4.78, 5) is 0. The Morgan fingerprint density at radius 1 is 1.17 bits per heavy atom. The van der Waals surface area contributed by atoms with Gasteiger partial charge in [0.2, 0.25) is 0 Å². The van der Waals surface area contributed by atoms with Crippen LogP contribution in [-0.2, 0) is 13.0 Å². The lowest BCUT2D eigenvalue weighted by molar-refractivity contribution is 0.298. The molecule has 122 valence electrons. The normalized spacial score (nSPS) is 10.4. The van der Waals surface area contributed by atoms with Gasteiger partial charge >= 0.3 is 0 Å². The van der Waals surface area contributed by atoms with Gasteiger partial charge in [0.25, 0.3) is 0 Å². The number of aliphatic hydroxyl groups is 1. The van der Waals surface area contributed by atoms with Crippen molar-refractivity contribution < 1.29 is 9.84 Å². The van der Waals surface area contributed by atoms with Crippen LogP contribution in [0.15, 0.2) is 54.7 Å². The highest BCUT2D eigenvalue weighted by molar-refractivity contribution is 5.61. The Morgan fingerprint density at radius 3 is 2.70 bits per heavy atom. The number of rotatable bonds is 8. The van der Waals surface area contributed by atoms with Gasteiger partial charge in [0.15, 0.2) is 0 Å². The molecule has 23 heavy (non-hydrogen) atoms. The third-order valence-electron chi connectivity index (χ3n) is 3.66. The molecule has 0 bridgehead atoms. The van der Waals surface area contributed by atoms with Gasteiger partial charge in [-0.05, 0) is 43.0 Å². The summed E-state index contributed by atoms with van der Waals surface area (Å²) in [5.74, 6) is 0.794. The first-order valence-corrected chi connectivity index (χ1v) is 7.99. The first-order chi connectivity index (χ1) is 11.1. The molecule has 0 saturated heterocycles. The van der Waals surface area contributed by atoms with Gasteiger partial charge in [-0.1, -0.05) is 49.4 Å². The zero-order chi connectivity index (χ0) is 16.7. The van der Waals surface area contributed by atoms with E-state index in [9.17, 15) is 0 Å². The zero-order valence-corrected chi connectivity index (χ0v) is 13.9. The molecule has 0 unspecified atom stereocenters. The van der Waals surface area contributed by atoms with Gasteiger partial charge in [-0.2, -0.15) is 0 Å². The van der Waals surface area contributed by atoms with Crippen LogP contribution in [0, 0.1) is 6.92 Å². The van der Waals surface area contributed by atoms with Gasteiger partial charge < -0.3 is 15.2 Å². The van der Waals surface area contributed by atoms with E-state index in [1.165, 1.54) is 5.56 Å². The third kappa shape index (κ3) is 5.15. The fraction of sp³-hybridized carbons (Fsp3) is 0.300. The first-order valence-electron chi connectivity index (χ1n) is 7.99. The van der Waals surface area contributed by atoms with Crippen LogP contribution >= 0.6 is 0 Å². The van der Waals surface area contributed by atoms with Gasteiger partial charge in [0, 0.05) is 12.3 Å². The molecule has 3 nitrogen and oxygen atoms in total. The van der Waals surface area contributed by atoms with Crippen molar-refractivity contribution in [3.8, 4) is 5.75 Å². The predicted octanol–water partition coefficient (Wildman–Crippen LogP) is 4.44. The van der Waals surface area contributed by atoms with Gasteiger partial charge in [0.05, 0.1) is 5.69 Å². The van der Waals surface area contributed by atoms with E-state index in [0.717, 1.165) is 34.7 Å². The Labute approximate surface area is 138 Å². The Balaban J connectivity index is 2.16. The lowest BCUT2D eigenvalue weighted by atomic mass is 10.1. The van der Waals surface area contributed by atoms with Crippen LogP contribution in [-0.4, -0.2) is 11.7 Å². The smallest absolute Gasteiger partial charge is 0.143 e. The summed E-state index contributed by atoms with van der Waals surface area (Å²) in [6, 6.07) is 14.3. The SMILES string of the molecule is C=C(CC)Nc1cc(CCO)ccc1OCc1cccc(C)c1. The fourth-order valence-electron chi connectivity index (χ4n) is 2.33. The fourth-order valence-corrected chi connectivity index (χ4v) is 2.33. The molecule has 2 aromatic carbocycles. The molecule has 0 atom stereocenters. The van der Waals surface area contributed by atoms with E-state index in [1.54, 1.807) is 0 Å². The summed E-state index contributed by atoms with van der Waals surface area (Å²) in [6.07, 6.45) is 1.48. The maximum Gasteiger partial charge on any atom is 0.143 e. The molecule has 0 aliphatic heterocycles. The second-order valence-electron chi connectivity index (χ2n) is 5.66. The topological polar surface area (TPSA) is 41.5 Å². The number of allylic oxidation sites excluding steroid dienone is 1. The molecule has 0 aliphatic carbocycles. The van der Waals surface area contributed by atoms with Gasteiger partial charge in [-0.15, -0.1) is 0 Å². The van der Waals surface area contributed by atoms with Crippen molar-refractivity contribution in [1.82, 2.24) is 0 Å². The van der Waals surface area contributed by atoms with E-state index >= 15 is 0 Å². The molecular weight excluding hydrogens is 286 g/mol. The van der Waals surface area contributed by atoms with E-state index in [2.05, 4.69) is 43.9 Å². The van der Waals surface area contributed by atoms with E-state index in [1.807, 2.05) is 24.3 Å². The summed E-state index contributed by atoms with van der Waals surface area (Å²) < 4.78 is 5.99. The van der Waals surface area contributed by atoms with Crippen molar-refractivity contribution in [2.45, 2.75) is 33.3 Å². The van der Waals surface area contributed by atoms with E-state index in [-0.39, 0.29) is 6.61 Å². The van der Waals surface area contributed by atoms with E-state index in [4.69, 9.17) is 9.84 Å². The number of benzene rings is 2. The number of aryl methyl sites for hydroxylation is 1. The molecule has 3 heteroatoms. The number of hydrogen-bond donors (Lipinski definition) is 2. The van der Waals surface area contributed by atoms with E-state index in [0.29, 0.717) is 13.0 Å². The quantitative estimate of drug-likeness (QED) is 0.757. The maximum atomic E-state index is 9.12. The van der Waals surface area contributed by atoms with Crippen LogP contribution in [0.5, 0.6) is 5.75 Å². The maximum absolute atomic E-state index is 9.12. The largest absolute Gasteiger partial charge is 0.487 e. The monoisotopic (exact) mass is 311 g/mol. The molecule has 2 aromatic rings. The summed E-state index contributed by atoms with van der Waals surface area (Å²) in [6.45, 7) is 8.79. The standard InChI is InChI=1S/C20H25NO2/c1-4-16(3)21-19-13-17(10-11-22)8-9-20(19)23-14-18-7-5-6-15(2)12-18/h5-9,12-13,21-22H,3-4,10-11,14H2,1-2H3. The molecule has 0 amide bonds. The predicted molar refractivity (Wildman–Crippen MR) is 95.8 cm³/mol. The molecule has 0 heterocycles. The van der Waals surface area contributed by atoms with Crippen LogP contribution in [0.2, 0.25) is 0 Å². The molecule has 0 saturated carbocycles. The number of ether oxygens (including phenoxy) is 1. The van der Waals surface area contributed by atoms with Crippen molar-refractivity contribution in [2.75, 3.05) is 11.9 Å². The van der Waals surface area contributed by atoms with Gasteiger partial charge in [0.1, 0.15) is 12.4 Å². The van der Waals surface area contributed by atoms with Crippen LogP contribution in [0.3, 0.4) is 0 Å². The summed E-state index contributed by atoms with van der Waals surface area (Å²) in [5.41, 5.74) is 5.27. The van der Waals surface area contributed by atoms with Gasteiger partial charge in [-0.25, -0.2) is 0 Å². The zero-order valence-electron chi connectivity index (χ0n) is 13.9. The molecule has 2 N–H and O–H groups in total. The molecule has 2 rings (SSSR count). The molecule has 0 aliphatic rings. The van der Waals surface area contributed by atoms with E-state index < -0.39 is 0 Å². The number of anilines is 1. The van der Waals surface area contributed by atoms with Crippen molar-refractivity contribution in [1.29, 1.82) is 0 Å². The lowest BCUT2D eigenvalue weighted by Gasteiger charge is -2.16. The molecule has 0 fully saturated rings. The van der Waals surface area contributed by atoms with Crippen LogP contribution in [0.1, 0.15) is 30.0 Å². The van der Waals surface area contributed by atoms with Crippen molar-refractivity contribution in [3.05, 3.63) is 71.4 Å². The molecular formula is C20H25NO2. The van der Waals surface area contributed by atoms with Crippen LogP contribution < -0.4 is 10.1 Å². The second-order valence-corrected chi connectivity index (χ2v) is 5.66. The summed E-state index contributed by atoms with van der Waals surface area (Å²) in [7, 11) is 0. The van der Waals surface area contributed by atoms with Crippen molar-refractivity contribution in [3.63, 3.8) is 0 Å². The minimum absolute atomic E-state index is 0.137. The molecule has 0 radical (unpaired) electrons. The minimum Gasteiger partial charge on any atom is -0.487 e. The highest BCUT2D eigenvalue weighted by Crippen LogP contribution is 2.28. The van der Waals surface area contributed by atoms with Crippen LogP contribution in [0.4, 0.5) is 5.69 Å². The highest BCUT2D eigenvalue weighted by atomic mass is 16.5. The Bertz CT molecular complexity index is 664. The first kappa shape index (κ1) is 17.1. The second kappa shape index (κ2) is 8.39. The number of nitrogens with one attached hydrogen (secondary N) is 1.